The standard InChI is InChI=1S/C22H31ClN6O.HI/c1-3-24-22(25-8-5-9-29-17-18(2)16-26-29)28-12-10-27(11-13-28)21(30)15-19-6-4-7-20(23)14-19;/h4,6-7,14,16-17H,3,5,8-13,15H2,1-2H3,(H,24,25);1H. The summed E-state index contributed by atoms with van der Waals surface area (Å²) in [4.78, 5) is 21.6. The summed E-state index contributed by atoms with van der Waals surface area (Å²) in [7, 11) is 0. The van der Waals surface area contributed by atoms with Crippen molar-refractivity contribution in [2.75, 3.05) is 39.3 Å². The summed E-state index contributed by atoms with van der Waals surface area (Å²) in [6.07, 6.45) is 5.25. The van der Waals surface area contributed by atoms with Gasteiger partial charge < -0.3 is 15.1 Å². The molecule has 1 N–H and O–H groups in total. The highest BCUT2D eigenvalue weighted by Gasteiger charge is 2.23. The summed E-state index contributed by atoms with van der Waals surface area (Å²) < 4.78 is 1.96. The summed E-state index contributed by atoms with van der Waals surface area (Å²) >= 11 is 6.03. The van der Waals surface area contributed by atoms with Crippen LogP contribution in [0, 0.1) is 6.92 Å². The smallest absolute Gasteiger partial charge is 0.227 e. The molecule has 0 unspecified atom stereocenters. The van der Waals surface area contributed by atoms with Crippen LogP contribution >= 0.6 is 35.6 Å². The molecule has 1 aliphatic heterocycles. The molecule has 0 spiro atoms. The second-order valence-electron chi connectivity index (χ2n) is 7.54. The molecule has 1 aliphatic rings. The number of piperazine rings is 1. The van der Waals surface area contributed by atoms with Gasteiger partial charge in [0, 0.05) is 57.0 Å². The maximum absolute atomic E-state index is 12.6. The average molecular weight is 559 g/mol. The van der Waals surface area contributed by atoms with Crippen LogP contribution in [0.1, 0.15) is 24.5 Å². The molecule has 2 aromatic rings. The van der Waals surface area contributed by atoms with E-state index in [1.54, 1.807) is 0 Å². The van der Waals surface area contributed by atoms with Crippen LogP contribution in [0.3, 0.4) is 0 Å². The second-order valence-corrected chi connectivity index (χ2v) is 7.98. The first-order valence-corrected chi connectivity index (χ1v) is 11.0. The highest BCUT2D eigenvalue weighted by molar-refractivity contribution is 14.0. The van der Waals surface area contributed by atoms with Gasteiger partial charge in [-0.15, -0.1) is 24.0 Å². The molecule has 31 heavy (non-hydrogen) atoms. The monoisotopic (exact) mass is 558 g/mol. The lowest BCUT2D eigenvalue weighted by atomic mass is 10.1. The zero-order valence-corrected chi connectivity index (χ0v) is 21.3. The lowest BCUT2D eigenvalue weighted by Gasteiger charge is -2.36. The average Bonchev–Trinajstić information content (AvgIpc) is 3.15. The number of aryl methyl sites for hydroxylation is 2. The quantitative estimate of drug-likeness (QED) is 0.245. The summed E-state index contributed by atoms with van der Waals surface area (Å²) in [5, 5.41) is 8.36. The number of halogens is 2. The number of carbonyl (C=O) groups excluding carboxylic acids is 1. The molecule has 0 aliphatic carbocycles. The molecule has 1 aromatic carbocycles. The van der Waals surface area contributed by atoms with Crippen molar-refractivity contribution in [3.05, 3.63) is 52.8 Å². The van der Waals surface area contributed by atoms with Crippen molar-refractivity contribution in [3.8, 4) is 0 Å². The third-order valence-corrected chi connectivity index (χ3v) is 5.32. The van der Waals surface area contributed by atoms with Crippen LogP contribution in [0.5, 0.6) is 0 Å². The van der Waals surface area contributed by atoms with Crippen molar-refractivity contribution in [1.82, 2.24) is 24.9 Å². The van der Waals surface area contributed by atoms with Crippen LogP contribution in [0.25, 0.3) is 0 Å². The summed E-state index contributed by atoms with van der Waals surface area (Å²) in [5.41, 5.74) is 2.13. The highest BCUT2D eigenvalue weighted by Crippen LogP contribution is 2.13. The number of guanidine groups is 1. The first-order chi connectivity index (χ1) is 14.5. The van der Waals surface area contributed by atoms with E-state index in [0.717, 1.165) is 50.7 Å². The summed E-state index contributed by atoms with van der Waals surface area (Å²) in [6, 6.07) is 7.51. The maximum Gasteiger partial charge on any atom is 0.227 e. The van der Waals surface area contributed by atoms with Gasteiger partial charge in [-0.1, -0.05) is 23.7 Å². The predicted molar refractivity (Wildman–Crippen MR) is 136 cm³/mol. The number of carbonyl (C=O) groups is 1. The number of hydrogen-bond acceptors (Lipinski definition) is 3. The van der Waals surface area contributed by atoms with Gasteiger partial charge >= 0.3 is 0 Å². The van der Waals surface area contributed by atoms with E-state index in [4.69, 9.17) is 16.6 Å². The SMILES string of the molecule is CCNC(=NCCCn1cc(C)cn1)N1CCN(C(=O)Cc2cccc(Cl)c2)CC1.I. The fraction of sp³-hybridized carbons (Fsp3) is 0.500. The molecule has 0 bridgehead atoms. The number of hydrogen-bond donors (Lipinski definition) is 1. The van der Waals surface area contributed by atoms with Crippen LogP contribution in [-0.2, 0) is 17.8 Å². The van der Waals surface area contributed by atoms with Crippen molar-refractivity contribution in [2.45, 2.75) is 33.2 Å². The zero-order valence-electron chi connectivity index (χ0n) is 18.3. The van der Waals surface area contributed by atoms with Crippen molar-refractivity contribution < 1.29 is 4.79 Å². The number of amides is 1. The van der Waals surface area contributed by atoms with Crippen molar-refractivity contribution in [2.24, 2.45) is 4.99 Å². The van der Waals surface area contributed by atoms with Gasteiger partial charge in [-0.2, -0.15) is 5.10 Å². The Kier molecular flexibility index (Phi) is 10.6. The summed E-state index contributed by atoms with van der Waals surface area (Å²) in [5.74, 6) is 1.07. The van der Waals surface area contributed by atoms with Gasteiger partial charge in [0.15, 0.2) is 5.96 Å². The van der Waals surface area contributed by atoms with Crippen LogP contribution < -0.4 is 5.32 Å². The molecule has 1 aromatic heterocycles. The fourth-order valence-corrected chi connectivity index (χ4v) is 3.75. The van der Waals surface area contributed by atoms with E-state index in [2.05, 4.69) is 28.4 Å². The van der Waals surface area contributed by atoms with E-state index < -0.39 is 0 Å². The van der Waals surface area contributed by atoms with E-state index >= 15 is 0 Å². The van der Waals surface area contributed by atoms with Gasteiger partial charge in [0.1, 0.15) is 0 Å². The third-order valence-electron chi connectivity index (χ3n) is 5.08. The van der Waals surface area contributed by atoms with Gasteiger partial charge in [0.2, 0.25) is 5.91 Å². The van der Waals surface area contributed by atoms with Crippen LogP contribution in [0.15, 0.2) is 41.7 Å². The van der Waals surface area contributed by atoms with E-state index in [1.807, 2.05) is 47.0 Å². The lowest BCUT2D eigenvalue weighted by Crippen LogP contribution is -2.54. The molecular weight excluding hydrogens is 527 g/mol. The molecule has 0 atom stereocenters. The minimum atomic E-state index is 0. The second kappa shape index (κ2) is 12.9. The molecule has 2 heterocycles. The molecule has 0 radical (unpaired) electrons. The Morgan fingerprint density at radius 2 is 1.97 bits per heavy atom. The van der Waals surface area contributed by atoms with Crippen molar-refractivity contribution >= 4 is 47.4 Å². The molecular formula is C22H32ClIN6O. The molecule has 0 saturated carbocycles. The van der Waals surface area contributed by atoms with Gasteiger partial charge in [0.05, 0.1) is 12.6 Å². The number of aromatic nitrogens is 2. The molecule has 1 saturated heterocycles. The maximum atomic E-state index is 12.6. The number of rotatable bonds is 7. The van der Waals surface area contributed by atoms with Crippen LogP contribution in [-0.4, -0.2) is 70.7 Å². The van der Waals surface area contributed by atoms with Crippen LogP contribution in [0.2, 0.25) is 5.02 Å². The minimum absolute atomic E-state index is 0. The molecule has 3 rings (SSSR count). The van der Waals surface area contributed by atoms with Gasteiger partial charge in [-0.3, -0.25) is 14.5 Å². The Balaban J connectivity index is 0.00000341. The van der Waals surface area contributed by atoms with E-state index in [9.17, 15) is 4.79 Å². The van der Waals surface area contributed by atoms with Crippen molar-refractivity contribution in [1.29, 1.82) is 0 Å². The number of benzene rings is 1. The van der Waals surface area contributed by atoms with E-state index in [0.29, 0.717) is 24.5 Å². The summed E-state index contributed by atoms with van der Waals surface area (Å²) in [6.45, 7) is 9.53. The van der Waals surface area contributed by atoms with Gasteiger partial charge in [0.25, 0.3) is 0 Å². The highest BCUT2D eigenvalue weighted by atomic mass is 127. The molecule has 1 amide bonds. The molecule has 1 fully saturated rings. The minimum Gasteiger partial charge on any atom is -0.357 e. The topological polar surface area (TPSA) is 65.8 Å². The van der Waals surface area contributed by atoms with Crippen LogP contribution in [0.4, 0.5) is 0 Å². The van der Waals surface area contributed by atoms with Crippen molar-refractivity contribution in [3.63, 3.8) is 0 Å². The first-order valence-electron chi connectivity index (χ1n) is 10.6. The van der Waals surface area contributed by atoms with Gasteiger partial charge in [-0.25, -0.2) is 0 Å². The number of nitrogens with zero attached hydrogens (tertiary/aromatic N) is 5. The molecule has 9 heteroatoms. The normalized spacial score (nSPS) is 14.4. The Hall–Kier alpha value is -1.81. The first kappa shape index (κ1) is 25.5. The molecule has 170 valence electrons. The molecule has 7 nitrogen and oxygen atoms in total. The Bertz CT molecular complexity index is 863. The Morgan fingerprint density at radius 1 is 1.23 bits per heavy atom. The van der Waals surface area contributed by atoms with E-state index in [1.165, 1.54) is 5.56 Å². The third kappa shape index (κ3) is 7.99. The predicted octanol–water partition coefficient (Wildman–Crippen LogP) is 3.21. The van der Waals surface area contributed by atoms with Gasteiger partial charge in [-0.05, 0) is 43.5 Å². The largest absolute Gasteiger partial charge is 0.357 e. The Morgan fingerprint density at radius 3 is 2.61 bits per heavy atom. The zero-order chi connectivity index (χ0) is 21.3. The number of nitrogens with one attached hydrogen (secondary N) is 1. The van der Waals surface area contributed by atoms with E-state index in [-0.39, 0.29) is 29.9 Å². The lowest BCUT2D eigenvalue weighted by molar-refractivity contribution is -0.131. The fourth-order valence-electron chi connectivity index (χ4n) is 3.53. The Labute approximate surface area is 206 Å². The number of aliphatic imine (C=N–C) groups is 1.